The molecule has 1 aromatic carbocycles. The van der Waals surface area contributed by atoms with Gasteiger partial charge in [0.2, 0.25) is 5.91 Å². The van der Waals surface area contributed by atoms with E-state index in [2.05, 4.69) is 6.92 Å². The van der Waals surface area contributed by atoms with Gasteiger partial charge in [-0.1, -0.05) is 12.1 Å². The Hall–Kier alpha value is -2.11. The van der Waals surface area contributed by atoms with Crippen LogP contribution in [0.25, 0.3) is 0 Å². The number of nitro groups is 1. The van der Waals surface area contributed by atoms with Crippen LogP contribution in [0.5, 0.6) is 5.75 Å². The predicted octanol–water partition coefficient (Wildman–Crippen LogP) is 3.15. The van der Waals surface area contributed by atoms with Gasteiger partial charge < -0.3 is 9.64 Å². The summed E-state index contributed by atoms with van der Waals surface area (Å²) in [7, 11) is 0. The molecule has 1 atom stereocenters. The molecule has 0 aromatic heterocycles. The van der Waals surface area contributed by atoms with Crippen molar-refractivity contribution in [2.45, 2.75) is 45.1 Å². The average Bonchev–Trinajstić information content (AvgIpc) is 2.52. The molecule has 1 saturated heterocycles. The summed E-state index contributed by atoms with van der Waals surface area (Å²) in [5, 5.41) is 10.9. The average molecular weight is 306 g/mol. The zero-order valence-electron chi connectivity index (χ0n) is 12.9. The van der Waals surface area contributed by atoms with Crippen LogP contribution in [-0.2, 0) is 4.79 Å². The van der Waals surface area contributed by atoms with Crippen LogP contribution in [0.15, 0.2) is 24.3 Å². The maximum absolute atomic E-state index is 12.2. The van der Waals surface area contributed by atoms with Crippen molar-refractivity contribution < 1.29 is 14.5 Å². The molecule has 0 saturated carbocycles. The SMILES string of the molecule is CC1CCCCN1C(=O)CCCOc1ccccc1[N+](=O)[O-]. The first-order valence-electron chi connectivity index (χ1n) is 7.75. The van der Waals surface area contributed by atoms with E-state index in [-0.39, 0.29) is 17.3 Å². The van der Waals surface area contributed by atoms with Crippen molar-refractivity contribution in [1.29, 1.82) is 0 Å². The Morgan fingerprint density at radius 1 is 1.41 bits per heavy atom. The van der Waals surface area contributed by atoms with Crippen LogP contribution in [-0.4, -0.2) is 34.9 Å². The van der Waals surface area contributed by atoms with E-state index in [9.17, 15) is 14.9 Å². The number of carbonyl (C=O) groups excluding carboxylic acids is 1. The molecule has 6 heteroatoms. The summed E-state index contributed by atoms with van der Waals surface area (Å²) in [5.41, 5.74) is -0.0431. The number of hydrogen-bond acceptors (Lipinski definition) is 4. The second-order valence-electron chi connectivity index (χ2n) is 5.61. The lowest BCUT2D eigenvalue weighted by Gasteiger charge is -2.33. The summed E-state index contributed by atoms with van der Waals surface area (Å²) < 4.78 is 5.45. The van der Waals surface area contributed by atoms with Gasteiger partial charge in [0.25, 0.3) is 0 Å². The number of para-hydroxylation sites is 2. The minimum absolute atomic E-state index is 0.0431. The highest BCUT2D eigenvalue weighted by Crippen LogP contribution is 2.26. The van der Waals surface area contributed by atoms with Crippen molar-refractivity contribution in [3.8, 4) is 5.75 Å². The van der Waals surface area contributed by atoms with Crippen molar-refractivity contribution in [3.63, 3.8) is 0 Å². The summed E-state index contributed by atoms with van der Waals surface area (Å²) >= 11 is 0. The Labute approximate surface area is 130 Å². The number of nitro benzene ring substituents is 1. The van der Waals surface area contributed by atoms with Crippen LogP contribution >= 0.6 is 0 Å². The third-order valence-electron chi connectivity index (χ3n) is 3.98. The van der Waals surface area contributed by atoms with Gasteiger partial charge in [0.15, 0.2) is 5.75 Å². The number of likely N-dealkylation sites (tertiary alicyclic amines) is 1. The normalized spacial score (nSPS) is 18.0. The van der Waals surface area contributed by atoms with Gasteiger partial charge in [-0.3, -0.25) is 14.9 Å². The molecule has 1 heterocycles. The number of piperidine rings is 1. The van der Waals surface area contributed by atoms with Crippen molar-refractivity contribution in [2.24, 2.45) is 0 Å². The van der Waals surface area contributed by atoms with Crippen LogP contribution in [0.2, 0.25) is 0 Å². The van der Waals surface area contributed by atoms with Crippen molar-refractivity contribution >= 4 is 11.6 Å². The van der Waals surface area contributed by atoms with Gasteiger partial charge in [0, 0.05) is 25.1 Å². The van der Waals surface area contributed by atoms with Gasteiger partial charge >= 0.3 is 5.69 Å². The molecular formula is C16H22N2O4. The summed E-state index contributed by atoms with van der Waals surface area (Å²) in [6.07, 6.45) is 4.31. The minimum Gasteiger partial charge on any atom is -0.487 e. The Kier molecular flexibility index (Phi) is 5.75. The molecular weight excluding hydrogens is 284 g/mol. The third-order valence-corrected chi connectivity index (χ3v) is 3.98. The van der Waals surface area contributed by atoms with Gasteiger partial charge in [0.05, 0.1) is 11.5 Å². The number of amides is 1. The molecule has 1 aliphatic heterocycles. The second kappa shape index (κ2) is 7.77. The molecule has 0 bridgehead atoms. The van der Waals surface area contributed by atoms with E-state index in [0.717, 1.165) is 19.4 Å². The molecule has 0 N–H and O–H groups in total. The largest absolute Gasteiger partial charge is 0.487 e. The maximum Gasteiger partial charge on any atom is 0.310 e. The molecule has 1 aliphatic rings. The first-order valence-corrected chi connectivity index (χ1v) is 7.75. The molecule has 1 fully saturated rings. The van der Waals surface area contributed by atoms with Crippen LogP contribution in [0, 0.1) is 10.1 Å². The zero-order valence-corrected chi connectivity index (χ0v) is 12.9. The summed E-state index contributed by atoms with van der Waals surface area (Å²) in [5.74, 6) is 0.407. The predicted molar refractivity (Wildman–Crippen MR) is 82.9 cm³/mol. The number of ether oxygens (including phenoxy) is 1. The van der Waals surface area contributed by atoms with Crippen molar-refractivity contribution in [3.05, 3.63) is 34.4 Å². The van der Waals surface area contributed by atoms with Gasteiger partial charge in [-0.25, -0.2) is 0 Å². The van der Waals surface area contributed by atoms with Crippen LogP contribution in [0.3, 0.4) is 0 Å². The van der Waals surface area contributed by atoms with E-state index in [0.29, 0.717) is 25.5 Å². The topological polar surface area (TPSA) is 72.7 Å². The lowest BCUT2D eigenvalue weighted by molar-refractivity contribution is -0.385. The number of benzene rings is 1. The minimum atomic E-state index is -0.462. The molecule has 1 amide bonds. The summed E-state index contributed by atoms with van der Waals surface area (Å²) in [6.45, 7) is 3.23. The zero-order chi connectivity index (χ0) is 15.9. The summed E-state index contributed by atoms with van der Waals surface area (Å²) in [6, 6.07) is 6.61. The maximum atomic E-state index is 12.2. The molecule has 120 valence electrons. The van der Waals surface area contributed by atoms with E-state index in [1.54, 1.807) is 18.2 Å². The van der Waals surface area contributed by atoms with Crippen molar-refractivity contribution in [1.82, 2.24) is 4.90 Å². The standard InChI is InChI=1S/C16H22N2O4/c1-13-7-4-5-11-17(13)16(19)10-6-12-22-15-9-3-2-8-14(15)18(20)21/h2-3,8-9,13H,4-7,10-12H2,1H3. The molecule has 1 unspecified atom stereocenters. The first-order chi connectivity index (χ1) is 10.6. The fourth-order valence-electron chi connectivity index (χ4n) is 2.75. The lowest BCUT2D eigenvalue weighted by atomic mass is 10.0. The number of rotatable bonds is 6. The van der Waals surface area contributed by atoms with Gasteiger partial charge in [0.1, 0.15) is 0 Å². The van der Waals surface area contributed by atoms with E-state index < -0.39 is 4.92 Å². The summed E-state index contributed by atoms with van der Waals surface area (Å²) in [4.78, 5) is 24.5. The van der Waals surface area contributed by atoms with Crippen LogP contribution in [0.4, 0.5) is 5.69 Å². The highest BCUT2D eigenvalue weighted by Gasteiger charge is 2.22. The molecule has 0 spiro atoms. The Balaban J connectivity index is 1.77. The Morgan fingerprint density at radius 2 is 2.18 bits per heavy atom. The fraction of sp³-hybridized carbons (Fsp3) is 0.562. The second-order valence-corrected chi connectivity index (χ2v) is 5.61. The van der Waals surface area contributed by atoms with Crippen molar-refractivity contribution in [2.75, 3.05) is 13.2 Å². The molecule has 2 rings (SSSR count). The fourth-order valence-corrected chi connectivity index (χ4v) is 2.75. The molecule has 0 aliphatic carbocycles. The highest BCUT2D eigenvalue weighted by atomic mass is 16.6. The van der Waals surface area contributed by atoms with Gasteiger partial charge in [-0.15, -0.1) is 0 Å². The van der Waals surface area contributed by atoms with E-state index in [1.165, 1.54) is 12.5 Å². The van der Waals surface area contributed by atoms with Crippen LogP contribution in [0.1, 0.15) is 39.0 Å². The number of carbonyl (C=O) groups is 1. The Bertz CT molecular complexity index is 533. The van der Waals surface area contributed by atoms with E-state index >= 15 is 0 Å². The molecule has 22 heavy (non-hydrogen) atoms. The lowest BCUT2D eigenvalue weighted by Crippen LogP contribution is -2.42. The van der Waals surface area contributed by atoms with Gasteiger partial charge in [-0.05, 0) is 38.7 Å². The van der Waals surface area contributed by atoms with E-state index in [4.69, 9.17) is 4.74 Å². The molecule has 6 nitrogen and oxygen atoms in total. The van der Waals surface area contributed by atoms with E-state index in [1.807, 2.05) is 4.90 Å². The quantitative estimate of drug-likeness (QED) is 0.460. The first kappa shape index (κ1) is 16.3. The smallest absolute Gasteiger partial charge is 0.310 e. The molecule has 0 radical (unpaired) electrons. The number of hydrogen-bond donors (Lipinski definition) is 0. The van der Waals surface area contributed by atoms with Gasteiger partial charge in [-0.2, -0.15) is 0 Å². The monoisotopic (exact) mass is 306 g/mol. The number of nitrogens with zero attached hydrogens (tertiary/aromatic N) is 2. The Morgan fingerprint density at radius 3 is 2.91 bits per heavy atom. The van der Waals surface area contributed by atoms with Crippen LogP contribution < -0.4 is 4.74 Å². The molecule has 1 aromatic rings. The highest BCUT2D eigenvalue weighted by molar-refractivity contribution is 5.76. The third kappa shape index (κ3) is 4.19.